The molecule has 0 aliphatic rings. The number of amides is 2. The summed E-state index contributed by atoms with van der Waals surface area (Å²) in [5, 5.41) is 3.44. The van der Waals surface area contributed by atoms with Gasteiger partial charge in [0.05, 0.1) is 0 Å². The van der Waals surface area contributed by atoms with Crippen molar-refractivity contribution in [2.75, 3.05) is 14.1 Å². The number of hydrogen-bond donors (Lipinski definition) is 1. The molecule has 0 saturated heterocycles. The van der Waals surface area contributed by atoms with Crippen molar-refractivity contribution < 1.29 is 9.59 Å². The fourth-order valence-electron chi connectivity index (χ4n) is 1.68. The molecule has 0 aliphatic carbocycles. The molecule has 4 nitrogen and oxygen atoms in total. The minimum absolute atomic E-state index is 0.114. The third-order valence-electron chi connectivity index (χ3n) is 3.27. The highest BCUT2D eigenvalue weighted by atomic mass is 35.5. The van der Waals surface area contributed by atoms with Crippen molar-refractivity contribution in [1.29, 1.82) is 0 Å². The summed E-state index contributed by atoms with van der Waals surface area (Å²) in [5.74, 6) is -0.331. The standard InChI is InChI=1S/C14H18Cl2N2O2/c1-8(5-13(19)17-3)18(4)14(20)10-6-11(15)9(2)12(16)7-10/h6-8H,5H2,1-4H3,(H,17,19)/t8-/m1/s1. The Morgan fingerprint density at radius 3 is 2.25 bits per heavy atom. The maximum Gasteiger partial charge on any atom is 0.253 e. The minimum Gasteiger partial charge on any atom is -0.359 e. The van der Waals surface area contributed by atoms with Crippen molar-refractivity contribution in [2.24, 2.45) is 0 Å². The number of halogens is 2. The SMILES string of the molecule is CNC(=O)C[C@@H](C)N(C)C(=O)c1cc(Cl)c(C)c(Cl)c1. The molecule has 1 atom stereocenters. The molecule has 0 aromatic heterocycles. The molecule has 0 radical (unpaired) electrons. The predicted octanol–water partition coefficient (Wildman–Crippen LogP) is 2.90. The fourth-order valence-corrected chi connectivity index (χ4v) is 2.17. The minimum atomic E-state index is -0.221. The van der Waals surface area contributed by atoms with E-state index in [1.54, 1.807) is 33.2 Å². The lowest BCUT2D eigenvalue weighted by atomic mass is 10.1. The number of nitrogens with one attached hydrogen (secondary N) is 1. The molecule has 6 heteroatoms. The molecule has 2 amide bonds. The van der Waals surface area contributed by atoms with Gasteiger partial charge in [-0.2, -0.15) is 0 Å². The van der Waals surface area contributed by atoms with Crippen molar-refractivity contribution in [3.05, 3.63) is 33.3 Å². The van der Waals surface area contributed by atoms with Gasteiger partial charge in [-0.25, -0.2) is 0 Å². The molecule has 0 aliphatic heterocycles. The van der Waals surface area contributed by atoms with E-state index in [2.05, 4.69) is 5.32 Å². The van der Waals surface area contributed by atoms with E-state index in [1.807, 2.05) is 6.92 Å². The summed E-state index contributed by atoms with van der Waals surface area (Å²) in [6.07, 6.45) is 0.242. The van der Waals surface area contributed by atoms with E-state index in [1.165, 1.54) is 4.90 Å². The van der Waals surface area contributed by atoms with Crippen LogP contribution in [0.3, 0.4) is 0 Å². The molecule has 0 saturated carbocycles. The summed E-state index contributed by atoms with van der Waals surface area (Å²) in [4.78, 5) is 25.2. The van der Waals surface area contributed by atoms with Crippen LogP contribution in [0.4, 0.5) is 0 Å². The summed E-state index contributed by atoms with van der Waals surface area (Å²) < 4.78 is 0. The number of carbonyl (C=O) groups excluding carboxylic acids is 2. The zero-order valence-electron chi connectivity index (χ0n) is 12.0. The predicted molar refractivity (Wildman–Crippen MR) is 81.4 cm³/mol. The maximum absolute atomic E-state index is 12.3. The number of hydrogen-bond acceptors (Lipinski definition) is 2. The third-order valence-corrected chi connectivity index (χ3v) is 4.05. The topological polar surface area (TPSA) is 49.4 Å². The monoisotopic (exact) mass is 316 g/mol. The lowest BCUT2D eigenvalue weighted by Gasteiger charge is -2.24. The Kier molecular flexibility index (Phi) is 5.84. The molecular weight excluding hydrogens is 299 g/mol. The van der Waals surface area contributed by atoms with Crippen LogP contribution in [-0.4, -0.2) is 36.9 Å². The van der Waals surface area contributed by atoms with Gasteiger partial charge in [0, 0.05) is 42.2 Å². The average Bonchev–Trinajstić information content (AvgIpc) is 2.42. The summed E-state index contributed by atoms with van der Waals surface area (Å²) in [6, 6.07) is 2.96. The average molecular weight is 317 g/mol. The Balaban J connectivity index is 2.92. The summed E-state index contributed by atoms with van der Waals surface area (Å²) in [6.45, 7) is 3.60. The Morgan fingerprint density at radius 2 is 1.80 bits per heavy atom. The second-order valence-electron chi connectivity index (χ2n) is 4.71. The summed E-state index contributed by atoms with van der Waals surface area (Å²) in [7, 11) is 3.22. The number of carbonyl (C=O) groups is 2. The molecule has 1 aromatic carbocycles. The van der Waals surface area contributed by atoms with Gasteiger partial charge in [-0.05, 0) is 31.5 Å². The lowest BCUT2D eigenvalue weighted by Crippen LogP contribution is -2.38. The van der Waals surface area contributed by atoms with Gasteiger partial charge in [0.1, 0.15) is 0 Å². The van der Waals surface area contributed by atoms with Crippen LogP contribution in [0.2, 0.25) is 10.0 Å². The van der Waals surface area contributed by atoms with Gasteiger partial charge in [0.2, 0.25) is 5.91 Å². The second-order valence-corrected chi connectivity index (χ2v) is 5.52. The van der Waals surface area contributed by atoms with Crippen molar-refractivity contribution in [2.45, 2.75) is 26.3 Å². The van der Waals surface area contributed by atoms with Crippen LogP contribution in [0.15, 0.2) is 12.1 Å². The third kappa shape index (κ3) is 3.87. The van der Waals surface area contributed by atoms with Crippen molar-refractivity contribution in [3.8, 4) is 0 Å². The Bertz CT molecular complexity index is 509. The van der Waals surface area contributed by atoms with Crippen molar-refractivity contribution in [1.82, 2.24) is 10.2 Å². The molecule has 0 unspecified atom stereocenters. The van der Waals surface area contributed by atoms with Gasteiger partial charge in [0.25, 0.3) is 5.91 Å². The quantitative estimate of drug-likeness (QED) is 0.928. The highest BCUT2D eigenvalue weighted by molar-refractivity contribution is 6.36. The normalized spacial score (nSPS) is 11.9. The highest BCUT2D eigenvalue weighted by Gasteiger charge is 2.20. The van der Waals surface area contributed by atoms with Crippen LogP contribution in [0.1, 0.15) is 29.3 Å². The zero-order valence-corrected chi connectivity index (χ0v) is 13.5. The maximum atomic E-state index is 12.3. The molecule has 1 N–H and O–H groups in total. The largest absolute Gasteiger partial charge is 0.359 e. The molecule has 0 heterocycles. The second kappa shape index (κ2) is 6.95. The zero-order chi connectivity index (χ0) is 15.4. The number of nitrogens with zero attached hydrogens (tertiary/aromatic N) is 1. The smallest absolute Gasteiger partial charge is 0.253 e. The van der Waals surface area contributed by atoms with E-state index < -0.39 is 0 Å². The van der Waals surface area contributed by atoms with E-state index in [0.29, 0.717) is 15.6 Å². The molecule has 110 valence electrons. The number of benzene rings is 1. The van der Waals surface area contributed by atoms with Crippen molar-refractivity contribution >= 4 is 35.0 Å². The van der Waals surface area contributed by atoms with Gasteiger partial charge in [-0.3, -0.25) is 9.59 Å². The number of rotatable bonds is 4. The first-order valence-corrected chi connectivity index (χ1v) is 6.97. The van der Waals surface area contributed by atoms with E-state index in [4.69, 9.17) is 23.2 Å². The van der Waals surface area contributed by atoms with Gasteiger partial charge in [-0.15, -0.1) is 0 Å². The highest BCUT2D eigenvalue weighted by Crippen LogP contribution is 2.26. The first-order chi connectivity index (χ1) is 9.27. The van der Waals surface area contributed by atoms with Crippen LogP contribution < -0.4 is 5.32 Å². The molecule has 20 heavy (non-hydrogen) atoms. The lowest BCUT2D eigenvalue weighted by molar-refractivity contribution is -0.121. The van der Waals surface area contributed by atoms with Crippen LogP contribution in [0, 0.1) is 6.92 Å². The molecule has 1 rings (SSSR count). The van der Waals surface area contributed by atoms with Crippen molar-refractivity contribution in [3.63, 3.8) is 0 Å². The Hall–Kier alpha value is -1.26. The van der Waals surface area contributed by atoms with Gasteiger partial charge >= 0.3 is 0 Å². The van der Waals surface area contributed by atoms with Gasteiger partial charge in [0.15, 0.2) is 0 Å². The van der Waals surface area contributed by atoms with E-state index in [0.717, 1.165) is 5.56 Å². The molecule has 0 spiro atoms. The fraction of sp³-hybridized carbons (Fsp3) is 0.429. The molecular formula is C14H18Cl2N2O2. The Labute approximate surface area is 129 Å². The summed E-state index contributed by atoms with van der Waals surface area (Å²) >= 11 is 12.1. The Morgan fingerprint density at radius 1 is 1.30 bits per heavy atom. The van der Waals surface area contributed by atoms with E-state index in [9.17, 15) is 9.59 Å². The van der Waals surface area contributed by atoms with E-state index in [-0.39, 0.29) is 24.3 Å². The van der Waals surface area contributed by atoms with Crippen LogP contribution in [0.5, 0.6) is 0 Å². The molecule has 0 fully saturated rings. The first kappa shape index (κ1) is 16.8. The van der Waals surface area contributed by atoms with Crippen LogP contribution in [-0.2, 0) is 4.79 Å². The first-order valence-electron chi connectivity index (χ1n) is 6.21. The van der Waals surface area contributed by atoms with Gasteiger partial charge in [-0.1, -0.05) is 23.2 Å². The van der Waals surface area contributed by atoms with Gasteiger partial charge < -0.3 is 10.2 Å². The molecule has 0 bridgehead atoms. The van der Waals surface area contributed by atoms with Crippen LogP contribution in [0.25, 0.3) is 0 Å². The summed E-state index contributed by atoms with van der Waals surface area (Å²) in [5.41, 5.74) is 1.16. The van der Waals surface area contributed by atoms with Crippen LogP contribution >= 0.6 is 23.2 Å². The van der Waals surface area contributed by atoms with E-state index >= 15 is 0 Å². The molecule has 1 aromatic rings.